The highest BCUT2D eigenvalue weighted by atomic mass is 17.2. The van der Waals surface area contributed by atoms with Crippen molar-refractivity contribution in [3.8, 4) is 0 Å². The second-order valence-electron chi connectivity index (χ2n) is 7.13. The van der Waals surface area contributed by atoms with Gasteiger partial charge >= 0.3 is 5.97 Å². The van der Waals surface area contributed by atoms with Gasteiger partial charge in [-0.05, 0) is 43.2 Å². The van der Waals surface area contributed by atoms with E-state index < -0.39 is 5.97 Å². The minimum Gasteiger partial charge on any atom is -0.293 e. The molecule has 0 spiro atoms. The summed E-state index contributed by atoms with van der Waals surface area (Å²) in [6, 6.07) is 7.37. The summed E-state index contributed by atoms with van der Waals surface area (Å²) < 4.78 is 0. The van der Waals surface area contributed by atoms with E-state index in [2.05, 4.69) is 20.8 Å². The first kappa shape index (κ1) is 16.0. The number of hydrogen-bond acceptors (Lipinski definition) is 3. The molecule has 0 amide bonds. The summed E-state index contributed by atoms with van der Waals surface area (Å²) in [7, 11) is 0. The van der Waals surface area contributed by atoms with Crippen LogP contribution in [-0.2, 0) is 9.78 Å². The maximum Gasteiger partial charge on any atom is 0.373 e. The maximum absolute atomic E-state index is 12.0. The van der Waals surface area contributed by atoms with Crippen molar-refractivity contribution in [1.29, 1.82) is 0 Å². The van der Waals surface area contributed by atoms with E-state index in [0.29, 0.717) is 11.5 Å². The molecular weight excluding hydrogens is 264 g/mol. The molecule has 1 aromatic carbocycles. The molecule has 21 heavy (non-hydrogen) atoms. The Balaban J connectivity index is 1.96. The largest absolute Gasteiger partial charge is 0.373 e. The van der Waals surface area contributed by atoms with Crippen molar-refractivity contribution in [3.63, 3.8) is 0 Å². The van der Waals surface area contributed by atoms with Gasteiger partial charge in [-0.15, -0.1) is 0 Å². The van der Waals surface area contributed by atoms with Gasteiger partial charge in [-0.2, -0.15) is 4.89 Å². The highest BCUT2D eigenvalue weighted by Crippen LogP contribution is 2.39. The first-order chi connectivity index (χ1) is 9.88. The predicted octanol–water partition coefficient (Wildman–Crippen LogP) is 4.69. The van der Waals surface area contributed by atoms with Crippen LogP contribution in [0.2, 0.25) is 0 Å². The monoisotopic (exact) mass is 290 g/mol. The molecule has 0 heterocycles. The van der Waals surface area contributed by atoms with Gasteiger partial charge in [0.15, 0.2) is 0 Å². The number of benzene rings is 1. The summed E-state index contributed by atoms with van der Waals surface area (Å²) >= 11 is 0. The average molecular weight is 290 g/mol. The summed E-state index contributed by atoms with van der Waals surface area (Å²) in [5.41, 5.74) is 1.74. The fourth-order valence-electron chi connectivity index (χ4n) is 3.13. The standard InChI is InChI=1S/C18H26O3/c1-13-8-7-9-14(12-13)17(19)21-20-16-11-6-5-10-15(16)18(2,3)4/h7-9,12,15-16H,5-6,10-11H2,1-4H3. The van der Waals surface area contributed by atoms with Crippen molar-refractivity contribution >= 4 is 5.97 Å². The summed E-state index contributed by atoms with van der Waals surface area (Å²) in [6.07, 6.45) is 4.47. The van der Waals surface area contributed by atoms with Gasteiger partial charge in [-0.1, -0.05) is 51.3 Å². The van der Waals surface area contributed by atoms with Crippen LogP contribution in [0.3, 0.4) is 0 Å². The topological polar surface area (TPSA) is 35.5 Å². The van der Waals surface area contributed by atoms with Crippen molar-refractivity contribution in [3.05, 3.63) is 35.4 Å². The quantitative estimate of drug-likeness (QED) is 0.598. The Morgan fingerprint density at radius 3 is 2.57 bits per heavy atom. The van der Waals surface area contributed by atoms with E-state index in [9.17, 15) is 4.79 Å². The van der Waals surface area contributed by atoms with E-state index in [-0.39, 0.29) is 11.5 Å². The molecular formula is C18H26O3. The Morgan fingerprint density at radius 2 is 1.90 bits per heavy atom. The number of rotatable bonds is 3. The molecule has 0 aromatic heterocycles. The molecule has 0 N–H and O–H groups in total. The minimum absolute atomic E-state index is 0.00695. The molecule has 1 fully saturated rings. The number of carbonyl (C=O) groups is 1. The zero-order valence-corrected chi connectivity index (χ0v) is 13.5. The number of hydrogen-bond donors (Lipinski definition) is 0. The molecule has 3 nitrogen and oxygen atoms in total. The van der Waals surface area contributed by atoms with Crippen molar-refractivity contribution in [2.24, 2.45) is 11.3 Å². The van der Waals surface area contributed by atoms with Crippen LogP contribution in [0.15, 0.2) is 24.3 Å². The van der Waals surface area contributed by atoms with Gasteiger partial charge in [-0.3, -0.25) is 4.89 Å². The Labute approximate surface area is 127 Å². The van der Waals surface area contributed by atoms with E-state index in [4.69, 9.17) is 9.78 Å². The van der Waals surface area contributed by atoms with Crippen molar-refractivity contribution in [1.82, 2.24) is 0 Å². The van der Waals surface area contributed by atoms with Gasteiger partial charge in [-0.25, -0.2) is 4.79 Å². The van der Waals surface area contributed by atoms with E-state index in [1.54, 1.807) is 6.07 Å². The van der Waals surface area contributed by atoms with Crippen molar-refractivity contribution in [2.45, 2.75) is 59.5 Å². The molecule has 0 aliphatic heterocycles. The summed E-state index contributed by atoms with van der Waals surface area (Å²) in [5, 5.41) is 0. The molecule has 3 heteroatoms. The Morgan fingerprint density at radius 1 is 1.19 bits per heavy atom. The van der Waals surface area contributed by atoms with Crippen LogP contribution in [0.5, 0.6) is 0 Å². The number of aryl methyl sites for hydroxylation is 1. The minimum atomic E-state index is -0.406. The number of carbonyl (C=O) groups excluding carboxylic acids is 1. The van der Waals surface area contributed by atoms with Crippen molar-refractivity contribution in [2.75, 3.05) is 0 Å². The van der Waals surface area contributed by atoms with E-state index in [1.165, 1.54) is 6.42 Å². The second-order valence-corrected chi connectivity index (χ2v) is 7.13. The molecule has 2 atom stereocenters. The normalized spacial score (nSPS) is 22.9. The predicted molar refractivity (Wildman–Crippen MR) is 82.9 cm³/mol. The van der Waals surface area contributed by atoms with Crippen LogP contribution in [0.25, 0.3) is 0 Å². The van der Waals surface area contributed by atoms with Crippen LogP contribution < -0.4 is 0 Å². The Hall–Kier alpha value is -1.35. The van der Waals surface area contributed by atoms with Gasteiger partial charge in [0.1, 0.15) is 6.10 Å². The van der Waals surface area contributed by atoms with Crippen molar-refractivity contribution < 1.29 is 14.6 Å². The SMILES string of the molecule is Cc1cccc(C(=O)OOC2CCCCC2C(C)(C)C)c1. The molecule has 2 unspecified atom stereocenters. The lowest BCUT2D eigenvalue weighted by Crippen LogP contribution is -2.37. The first-order valence-electron chi connectivity index (χ1n) is 7.82. The zero-order chi connectivity index (χ0) is 15.5. The smallest absolute Gasteiger partial charge is 0.293 e. The van der Waals surface area contributed by atoms with Crippen LogP contribution in [0.1, 0.15) is 62.4 Å². The zero-order valence-electron chi connectivity index (χ0n) is 13.5. The average Bonchev–Trinajstić information content (AvgIpc) is 2.44. The lowest BCUT2D eigenvalue weighted by Gasteiger charge is -2.38. The highest BCUT2D eigenvalue weighted by molar-refractivity contribution is 5.89. The molecule has 1 aliphatic carbocycles. The third-order valence-corrected chi connectivity index (χ3v) is 4.32. The third kappa shape index (κ3) is 4.31. The van der Waals surface area contributed by atoms with Gasteiger partial charge < -0.3 is 0 Å². The Kier molecular flexibility index (Phi) is 5.04. The van der Waals surface area contributed by atoms with Gasteiger partial charge in [0.2, 0.25) is 0 Å². The molecule has 0 bridgehead atoms. The lowest BCUT2D eigenvalue weighted by molar-refractivity contribution is -0.297. The third-order valence-electron chi connectivity index (χ3n) is 4.32. The maximum atomic E-state index is 12.0. The van der Waals surface area contributed by atoms with Crippen LogP contribution >= 0.6 is 0 Å². The van der Waals surface area contributed by atoms with E-state index in [1.807, 2.05) is 25.1 Å². The second kappa shape index (κ2) is 6.61. The van der Waals surface area contributed by atoms with Gasteiger partial charge in [0.05, 0.1) is 5.56 Å². The fourth-order valence-corrected chi connectivity index (χ4v) is 3.13. The van der Waals surface area contributed by atoms with Gasteiger partial charge in [0.25, 0.3) is 0 Å². The molecule has 0 radical (unpaired) electrons. The van der Waals surface area contributed by atoms with Crippen LogP contribution in [0.4, 0.5) is 0 Å². The molecule has 116 valence electrons. The first-order valence-corrected chi connectivity index (χ1v) is 7.82. The van der Waals surface area contributed by atoms with Crippen LogP contribution in [-0.4, -0.2) is 12.1 Å². The molecule has 1 saturated carbocycles. The fraction of sp³-hybridized carbons (Fsp3) is 0.611. The van der Waals surface area contributed by atoms with Gasteiger partial charge in [0, 0.05) is 0 Å². The van der Waals surface area contributed by atoms with E-state index >= 15 is 0 Å². The summed E-state index contributed by atoms with van der Waals surface area (Å²) in [6.45, 7) is 8.62. The highest BCUT2D eigenvalue weighted by Gasteiger charge is 2.36. The van der Waals surface area contributed by atoms with Crippen LogP contribution in [0, 0.1) is 18.3 Å². The molecule has 2 rings (SSSR count). The molecule has 1 aromatic rings. The van der Waals surface area contributed by atoms with E-state index in [0.717, 1.165) is 24.8 Å². The Bertz CT molecular complexity index is 487. The lowest BCUT2D eigenvalue weighted by atomic mass is 9.71. The summed E-state index contributed by atoms with van der Waals surface area (Å²) in [5.74, 6) is 0.0218. The summed E-state index contributed by atoms with van der Waals surface area (Å²) in [4.78, 5) is 22.7. The molecule has 0 saturated heterocycles. The molecule has 1 aliphatic rings.